The number of hydrogen-bond acceptors (Lipinski definition) is 5. The third kappa shape index (κ3) is 6.06. The number of benzene rings is 1. The fourth-order valence-corrected chi connectivity index (χ4v) is 2.03. The Morgan fingerprint density at radius 1 is 1.08 bits per heavy atom. The summed E-state index contributed by atoms with van der Waals surface area (Å²) in [5, 5.41) is 3.13. The molecule has 136 valence electrons. The number of rotatable bonds is 8. The predicted octanol–water partition coefficient (Wildman–Crippen LogP) is 4.04. The first kappa shape index (κ1) is 18.7. The van der Waals surface area contributed by atoms with Crippen LogP contribution in [-0.4, -0.2) is 31.5 Å². The minimum Gasteiger partial charge on any atom is -0.493 e. The molecular weight excluding hydrogens is 337 g/mol. The average Bonchev–Trinajstić information content (AvgIpc) is 2.59. The number of alkyl halides is 3. The molecule has 25 heavy (non-hydrogen) atoms. The Morgan fingerprint density at radius 2 is 1.88 bits per heavy atom. The number of nitrogens with one attached hydrogen (secondary N) is 1. The minimum atomic E-state index is -4.38. The molecule has 0 spiro atoms. The van der Waals surface area contributed by atoms with Gasteiger partial charge in [-0.15, -0.1) is 0 Å². The highest BCUT2D eigenvalue weighted by Gasteiger charge is 2.28. The second-order valence-electron chi connectivity index (χ2n) is 5.06. The van der Waals surface area contributed by atoms with Gasteiger partial charge in [-0.3, -0.25) is 0 Å². The monoisotopic (exact) mass is 356 g/mol. The Morgan fingerprint density at radius 3 is 2.48 bits per heavy atom. The lowest BCUT2D eigenvalue weighted by Crippen LogP contribution is -2.19. The third-order valence-electron chi connectivity index (χ3n) is 3.14. The van der Waals surface area contributed by atoms with E-state index in [-0.39, 0.29) is 5.88 Å². The quantitative estimate of drug-likeness (QED) is 0.774. The molecule has 0 aliphatic heterocycles. The Bertz CT molecular complexity index is 676. The molecule has 1 heterocycles. The van der Waals surface area contributed by atoms with Crippen molar-refractivity contribution in [2.75, 3.05) is 25.6 Å². The van der Waals surface area contributed by atoms with Gasteiger partial charge >= 0.3 is 6.18 Å². The third-order valence-corrected chi connectivity index (χ3v) is 3.14. The number of hydrogen-bond donors (Lipinski definition) is 1. The van der Waals surface area contributed by atoms with Crippen LogP contribution in [-0.2, 0) is 6.54 Å². The SMILES string of the molecule is CCOc1ccc(CNc2ccc(OCC(F)(F)F)nc2)cc1OC. The molecule has 1 N–H and O–H groups in total. The number of anilines is 1. The van der Waals surface area contributed by atoms with Crippen LogP contribution in [0, 0.1) is 0 Å². The summed E-state index contributed by atoms with van der Waals surface area (Å²) in [5.41, 5.74) is 1.62. The van der Waals surface area contributed by atoms with Gasteiger partial charge < -0.3 is 19.5 Å². The van der Waals surface area contributed by atoms with E-state index in [9.17, 15) is 13.2 Å². The summed E-state index contributed by atoms with van der Waals surface area (Å²) in [6, 6.07) is 8.56. The molecule has 0 aliphatic rings. The van der Waals surface area contributed by atoms with Gasteiger partial charge in [-0.25, -0.2) is 4.98 Å². The number of nitrogens with zero attached hydrogens (tertiary/aromatic N) is 1. The van der Waals surface area contributed by atoms with Crippen molar-refractivity contribution in [3.8, 4) is 17.4 Å². The molecule has 0 saturated carbocycles. The molecule has 0 fully saturated rings. The topological polar surface area (TPSA) is 52.6 Å². The standard InChI is InChI=1S/C17H19F3N2O3/c1-3-24-14-6-4-12(8-15(14)23-2)9-21-13-5-7-16(22-10-13)25-11-17(18,19)20/h4-8,10,21H,3,9,11H2,1-2H3. The number of ether oxygens (including phenoxy) is 3. The Hall–Kier alpha value is -2.64. The van der Waals surface area contributed by atoms with E-state index in [1.807, 2.05) is 25.1 Å². The van der Waals surface area contributed by atoms with Gasteiger partial charge in [0.2, 0.25) is 5.88 Å². The highest BCUT2D eigenvalue weighted by Crippen LogP contribution is 2.28. The van der Waals surface area contributed by atoms with E-state index < -0.39 is 12.8 Å². The van der Waals surface area contributed by atoms with Crippen LogP contribution in [0.1, 0.15) is 12.5 Å². The van der Waals surface area contributed by atoms with Gasteiger partial charge in [0.15, 0.2) is 18.1 Å². The zero-order valence-electron chi connectivity index (χ0n) is 13.9. The number of aromatic nitrogens is 1. The van der Waals surface area contributed by atoms with Crippen LogP contribution >= 0.6 is 0 Å². The van der Waals surface area contributed by atoms with Crippen molar-refractivity contribution >= 4 is 5.69 Å². The number of halogens is 3. The fourth-order valence-electron chi connectivity index (χ4n) is 2.03. The van der Waals surface area contributed by atoms with E-state index in [4.69, 9.17) is 9.47 Å². The lowest BCUT2D eigenvalue weighted by atomic mass is 10.2. The molecule has 8 heteroatoms. The summed E-state index contributed by atoms with van der Waals surface area (Å²) >= 11 is 0. The molecule has 0 bridgehead atoms. The van der Waals surface area contributed by atoms with Crippen LogP contribution in [0.2, 0.25) is 0 Å². The fraction of sp³-hybridized carbons (Fsp3) is 0.353. The first-order chi connectivity index (χ1) is 11.9. The molecule has 0 amide bonds. The second kappa shape index (κ2) is 8.46. The van der Waals surface area contributed by atoms with Gasteiger partial charge in [-0.2, -0.15) is 13.2 Å². The summed E-state index contributed by atoms with van der Waals surface area (Å²) in [5.74, 6) is 1.22. The highest BCUT2D eigenvalue weighted by atomic mass is 19.4. The van der Waals surface area contributed by atoms with Crippen molar-refractivity contribution in [2.24, 2.45) is 0 Å². The average molecular weight is 356 g/mol. The van der Waals surface area contributed by atoms with E-state index in [0.717, 1.165) is 5.56 Å². The first-order valence-corrected chi connectivity index (χ1v) is 7.60. The van der Waals surface area contributed by atoms with Crippen LogP contribution in [0.15, 0.2) is 36.5 Å². The second-order valence-corrected chi connectivity index (χ2v) is 5.06. The van der Waals surface area contributed by atoms with Crippen molar-refractivity contribution in [3.05, 3.63) is 42.1 Å². The van der Waals surface area contributed by atoms with Gasteiger partial charge in [-0.05, 0) is 30.7 Å². The van der Waals surface area contributed by atoms with Crippen LogP contribution in [0.3, 0.4) is 0 Å². The molecule has 2 aromatic rings. The van der Waals surface area contributed by atoms with Gasteiger partial charge in [0.1, 0.15) is 0 Å². The van der Waals surface area contributed by atoms with Crippen LogP contribution in [0.5, 0.6) is 17.4 Å². The number of methoxy groups -OCH3 is 1. The van der Waals surface area contributed by atoms with E-state index >= 15 is 0 Å². The molecule has 0 aliphatic carbocycles. The molecular formula is C17H19F3N2O3. The van der Waals surface area contributed by atoms with Crippen LogP contribution in [0.4, 0.5) is 18.9 Å². The zero-order valence-corrected chi connectivity index (χ0v) is 13.9. The summed E-state index contributed by atoms with van der Waals surface area (Å²) < 4.78 is 51.6. The largest absolute Gasteiger partial charge is 0.493 e. The van der Waals surface area contributed by atoms with Crippen molar-refractivity contribution < 1.29 is 27.4 Å². The normalized spacial score (nSPS) is 11.1. The lowest BCUT2D eigenvalue weighted by Gasteiger charge is -2.12. The maximum absolute atomic E-state index is 12.1. The maximum atomic E-state index is 12.1. The molecule has 0 saturated heterocycles. The molecule has 2 rings (SSSR count). The summed E-state index contributed by atoms with van der Waals surface area (Å²) in [7, 11) is 1.57. The lowest BCUT2D eigenvalue weighted by molar-refractivity contribution is -0.154. The number of pyridine rings is 1. The van der Waals surface area contributed by atoms with Crippen LogP contribution < -0.4 is 19.5 Å². The van der Waals surface area contributed by atoms with Crippen molar-refractivity contribution in [1.29, 1.82) is 0 Å². The predicted molar refractivity (Wildman–Crippen MR) is 87.3 cm³/mol. The zero-order chi connectivity index (χ0) is 18.3. The Balaban J connectivity index is 1.92. The molecule has 0 atom stereocenters. The van der Waals surface area contributed by atoms with Crippen LogP contribution in [0.25, 0.3) is 0 Å². The molecule has 5 nitrogen and oxygen atoms in total. The van der Waals surface area contributed by atoms with Crippen molar-refractivity contribution in [2.45, 2.75) is 19.6 Å². The minimum absolute atomic E-state index is 0.0781. The molecule has 0 radical (unpaired) electrons. The van der Waals surface area contributed by atoms with E-state index in [1.165, 1.54) is 12.3 Å². The van der Waals surface area contributed by atoms with E-state index in [1.54, 1.807) is 13.2 Å². The van der Waals surface area contributed by atoms with E-state index in [0.29, 0.717) is 30.3 Å². The molecule has 1 aromatic heterocycles. The van der Waals surface area contributed by atoms with Gasteiger partial charge in [0.05, 0.1) is 25.6 Å². The van der Waals surface area contributed by atoms with Crippen molar-refractivity contribution in [3.63, 3.8) is 0 Å². The van der Waals surface area contributed by atoms with Gasteiger partial charge in [-0.1, -0.05) is 6.07 Å². The first-order valence-electron chi connectivity index (χ1n) is 7.60. The van der Waals surface area contributed by atoms with Gasteiger partial charge in [0, 0.05) is 12.6 Å². The molecule has 0 unspecified atom stereocenters. The maximum Gasteiger partial charge on any atom is 0.422 e. The summed E-state index contributed by atoms with van der Waals surface area (Å²) in [6.07, 6.45) is -2.97. The Kier molecular flexibility index (Phi) is 6.32. The Labute approximate surface area is 143 Å². The molecule has 1 aromatic carbocycles. The summed E-state index contributed by atoms with van der Waals surface area (Å²) in [4.78, 5) is 3.84. The van der Waals surface area contributed by atoms with Gasteiger partial charge in [0.25, 0.3) is 0 Å². The van der Waals surface area contributed by atoms with E-state index in [2.05, 4.69) is 15.0 Å². The highest BCUT2D eigenvalue weighted by molar-refractivity contribution is 5.46. The summed E-state index contributed by atoms with van der Waals surface area (Å²) in [6.45, 7) is 1.57. The van der Waals surface area contributed by atoms with Crippen molar-refractivity contribution in [1.82, 2.24) is 4.98 Å². The smallest absolute Gasteiger partial charge is 0.422 e.